The van der Waals surface area contributed by atoms with Crippen LogP contribution in [-0.2, 0) is 6.54 Å². The fourth-order valence-corrected chi connectivity index (χ4v) is 2.05. The number of hydrogen-bond acceptors (Lipinski definition) is 3. The van der Waals surface area contributed by atoms with Crippen molar-refractivity contribution < 1.29 is 17.9 Å². The molecule has 0 radical (unpaired) electrons. The molecule has 1 aromatic carbocycles. The van der Waals surface area contributed by atoms with Gasteiger partial charge in [0.15, 0.2) is 0 Å². The molecule has 1 rings (SSSR count). The van der Waals surface area contributed by atoms with Crippen LogP contribution in [0.3, 0.4) is 0 Å². The lowest BCUT2D eigenvalue weighted by Crippen LogP contribution is -2.24. The van der Waals surface area contributed by atoms with Crippen molar-refractivity contribution in [3.8, 4) is 5.75 Å². The van der Waals surface area contributed by atoms with Gasteiger partial charge in [0.05, 0.1) is 13.5 Å². The molecule has 0 saturated heterocycles. The van der Waals surface area contributed by atoms with Gasteiger partial charge < -0.3 is 15.0 Å². The molecule has 1 N–H and O–H groups in total. The molecule has 0 spiro atoms. The Balaban J connectivity index is 2.80. The van der Waals surface area contributed by atoms with Gasteiger partial charge in [-0.3, -0.25) is 0 Å². The second kappa shape index (κ2) is 7.66. The zero-order chi connectivity index (χ0) is 16.0. The minimum Gasteiger partial charge on any atom is -0.496 e. The zero-order valence-electron chi connectivity index (χ0n) is 12.9. The minimum atomic E-state index is -4.12. The Kier molecular flexibility index (Phi) is 6.48. The zero-order valence-corrected chi connectivity index (χ0v) is 12.9. The van der Waals surface area contributed by atoms with E-state index in [1.807, 2.05) is 32.2 Å². The minimum absolute atomic E-state index is 0.0293. The van der Waals surface area contributed by atoms with E-state index in [2.05, 4.69) is 5.32 Å². The van der Waals surface area contributed by atoms with Crippen LogP contribution in [0.1, 0.15) is 30.5 Å². The highest BCUT2D eigenvalue weighted by Gasteiger charge is 2.27. The van der Waals surface area contributed by atoms with Crippen molar-refractivity contribution in [1.82, 2.24) is 10.2 Å². The molecule has 3 nitrogen and oxygen atoms in total. The Morgan fingerprint density at radius 3 is 2.52 bits per heavy atom. The van der Waals surface area contributed by atoms with Crippen LogP contribution >= 0.6 is 0 Å². The molecule has 0 amide bonds. The largest absolute Gasteiger partial charge is 0.496 e. The molecule has 0 fully saturated rings. The Hall–Kier alpha value is -1.27. The summed E-state index contributed by atoms with van der Waals surface area (Å²) < 4.78 is 42.1. The molecule has 1 aromatic rings. The standard InChI is InChI=1S/C15H23F3N2O/c1-11(19-2)12-5-6-14(21-4)13(9-12)10-20(3)8-7-15(16,17)18/h5-6,9,11,19H,7-8,10H2,1-4H3. The number of methoxy groups -OCH3 is 1. The Morgan fingerprint density at radius 1 is 1.33 bits per heavy atom. The van der Waals surface area contributed by atoms with Gasteiger partial charge in [-0.1, -0.05) is 6.07 Å². The number of rotatable bonds is 7. The van der Waals surface area contributed by atoms with Crippen LogP contribution in [0.15, 0.2) is 18.2 Å². The van der Waals surface area contributed by atoms with Crippen molar-refractivity contribution in [3.05, 3.63) is 29.3 Å². The van der Waals surface area contributed by atoms with Crippen molar-refractivity contribution in [1.29, 1.82) is 0 Å². The van der Waals surface area contributed by atoms with E-state index >= 15 is 0 Å². The second-order valence-corrected chi connectivity index (χ2v) is 5.18. The third-order valence-corrected chi connectivity index (χ3v) is 3.45. The smallest absolute Gasteiger partial charge is 0.390 e. The van der Waals surface area contributed by atoms with Gasteiger partial charge in [0.25, 0.3) is 0 Å². The van der Waals surface area contributed by atoms with Gasteiger partial charge in [-0.15, -0.1) is 0 Å². The Morgan fingerprint density at radius 2 is 2.00 bits per heavy atom. The van der Waals surface area contributed by atoms with Gasteiger partial charge >= 0.3 is 6.18 Å². The third-order valence-electron chi connectivity index (χ3n) is 3.45. The predicted octanol–water partition coefficient (Wildman–Crippen LogP) is 3.36. The van der Waals surface area contributed by atoms with Gasteiger partial charge in [-0.05, 0) is 38.7 Å². The topological polar surface area (TPSA) is 24.5 Å². The van der Waals surface area contributed by atoms with Crippen LogP contribution < -0.4 is 10.1 Å². The van der Waals surface area contributed by atoms with Crippen molar-refractivity contribution in [2.75, 3.05) is 27.7 Å². The van der Waals surface area contributed by atoms with E-state index in [0.29, 0.717) is 12.3 Å². The van der Waals surface area contributed by atoms with Crippen molar-refractivity contribution in [2.24, 2.45) is 0 Å². The molecule has 1 unspecified atom stereocenters. The number of ether oxygens (including phenoxy) is 1. The first-order chi connectivity index (χ1) is 9.76. The lowest BCUT2D eigenvalue weighted by Gasteiger charge is -2.21. The predicted molar refractivity (Wildman–Crippen MR) is 77.5 cm³/mol. The molecule has 0 bridgehead atoms. The first-order valence-electron chi connectivity index (χ1n) is 6.86. The maximum atomic E-state index is 12.3. The highest BCUT2D eigenvalue weighted by atomic mass is 19.4. The fraction of sp³-hybridized carbons (Fsp3) is 0.600. The highest BCUT2D eigenvalue weighted by Crippen LogP contribution is 2.25. The molecule has 0 aliphatic heterocycles. The second-order valence-electron chi connectivity index (χ2n) is 5.18. The van der Waals surface area contributed by atoms with Crippen LogP contribution in [0.2, 0.25) is 0 Å². The summed E-state index contributed by atoms with van der Waals surface area (Å²) in [4.78, 5) is 1.65. The SMILES string of the molecule is CNC(C)c1ccc(OC)c(CN(C)CCC(F)(F)F)c1. The lowest BCUT2D eigenvalue weighted by molar-refractivity contribution is -0.137. The molecule has 120 valence electrons. The molecule has 0 saturated carbocycles. The lowest BCUT2D eigenvalue weighted by atomic mass is 10.0. The maximum Gasteiger partial charge on any atom is 0.390 e. The van der Waals surface area contributed by atoms with E-state index in [-0.39, 0.29) is 12.6 Å². The summed E-state index contributed by atoms with van der Waals surface area (Å²) in [7, 11) is 5.11. The third kappa shape index (κ3) is 5.93. The van der Waals surface area contributed by atoms with Crippen LogP contribution in [-0.4, -0.2) is 38.8 Å². The van der Waals surface area contributed by atoms with Gasteiger partial charge in [0, 0.05) is 24.7 Å². The first-order valence-corrected chi connectivity index (χ1v) is 6.86. The number of hydrogen-bond donors (Lipinski definition) is 1. The molecular formula is C15H23F3N2O. The van der Waals surface area contributed by atoms with Gasteiger partial charge in [-0.25, -0.2) is 0 Å². The van der Waals surface area contributed by atoms with Crippen molar-refractivity contribution in [3.63, 3.8) is 0 Å². The monoisotopic (exact) mass is 304 g/mol. The quantitative estimate of drug-likeness (QED) is 0.836. The summed E-state index contributed by atoms with van der Waals surface area (Å²) in [5.41, 5.74) is 1.97. The number of nitrogens with one attached hydrogen (secondary N) is 1. The van der Waals surface area contributed by atoms with E-state index in [1.165, 1.54) is 0 Å². The van der Waals surface area contributed by atoms with E-state index in [1.54, 1.807) is 19.1 Å². The number of halogens is 3. The van der Waals surface area contributed by atoms with Crippen molar-refractivity contribution in [2.45, 2.75) is 32.1 Å². The average Bonchev–Trinajstić information content (AvgIpc) is 2.43. The van der Waals surface area contributed by atoms with Gasteiger partial charge in [0.1, 0.15) is 5.75 Å². The number of benzene rings is 1. The molecule has 0 aliphatic carbocycles. The van der Waals surface area contributed by atoms with Crippen LogP contribution in [0.4, 0.5) is 13.2 Å². The van der Waals surface area contributed by atoms with E-state index in [0.717, 1.165) is 11.1 Å². The van der Waals surface area contributed by atoms with E-state index < -0.39 is 12.6 Å². The van der Waals surface area contributed by atoms with Crippen LogP contribution in [0.5, 0.6) is 5.75 Å². The van der Waals surface area contributed by atoms with Gasteiger partial charge in [0.2, 0.25) is 0 Å². The summed E-state index contributed by atoms with van der Waals surface area (Å²) in [5.74, 6) is 0.695. The molecule has 21 heavy (non-hydrogen) atoms. The average molecular weight is 304 g/mol. The summed E-state index contributed by atoms with van der Waals surface area (Å²) in [6.45, 7) is 2.42. The number of alkyl halides is 3. The van der Waals surface area contributed by atoms with E-state index in [9.17, 15) is 13.2 Å². The normalized spacial score (nSPS) is 13.5. The maximum absolute atomic E-state index is 12.3. The van der Waals surface area contributed by atoms with Crippen molar-refractivity contribution >= 4 is 0 Å². The first kappa shape index (κ1) is 17.8. The van der Waals surface area contributed by atoms with E-state index in [4.69, 9.17) is 4.74 Å². The van der Waals surface area contributed by atoms with Crippen LogP contribution in [0, 0.1) is 0 Å². The molecule has 0 heterocycles. The molecule has 1 atom stereocenters. The summed E-state index contributed by atoms with van der Waals surface area (Å²) in [5, 5.41) is 3.14. The number of nitrogens with zero attached hydrogens (tertiary/aromatic N) is 1. The highest BCUT2D eigenvalue weighted by molar-refractivity contribution is 5.38. The Bertz CT molecular complexity index is 449. The van der Waals surface area contributed by atoms with Gasteiger partial charge in [-0.2, -0.15) is 13.2 Å². The molecule has 0 aromatic heterocycles. The summed E-state index contributed by atoms with van der Waals surface area (Å²) in [6, 6.07) is 5.97. The molecule has 0 aliphatic rings. The Labute approximate surface area is 124 Å². The summed E-state index contributed by atoms with van der Waals surface area (Å²) in [6.07, 6.45) is -4.93. The fourth-order valence-electron chi connectivity index (χ4n) is 2.05. The summed E-state index contributed by atoms with van der Waals surface area (Å²) >= 11 is 0. The molecule has 6 heteroatoms. The van der Waals surface area contributed by atoms with Crippen LogP contribution in [0.25, 0.3) is 0 Å². The molecular weight excluding hydrogens is 281 g/mol.